The molecule has 0 aromatic heterocycles. The first-order chi connectivity index (χ1) is 9.70. The van der Waals surface area contributed by atoms with Crippen molar-refractivity contribution in [1.29, 1.82) is 0 Å². The Labute approximate surface area is 131 Å². The summed E-state index contributed by atoms with van der Waals surface area (Å²) in [5.74, 6) is -1.21. The van der Waals surface area contributed by atoms with Crippen LogP contribution < -0.4 is 4.72 Å². The average Bonchev–Trinajstić information content (AvgIpc) is 2.37. The molecule has 0 aliphatic heterocycles. The molecule has 112 valence electrons. The van der Waals surface area contributed by atoms with Gasteiger partial charge in [-0.15, -0.1) is 0 Å². The maximum atomic E-state index is 13.6. The minimum absolute atomic E-state index is 0.0720. The quantitative estimate of drug-likeness (QED) is 0.824. The van der Waals surface area contributed by atoms with E-state index in [2.05, 4.69) is 4.72 Å². The maximum absolute atomic E-state index is 13.6. The number of hydrogen-bond acceptors (Lipinski definition) is 3. The summed E-state index contributed by atoms with van der Waals surface area (Å²) in [5, 5.41) is 9.37. The fourth-order valence-electron chi connectivity index (χ4n) is 1.62. The molecule has 0 radical (unpaired) electrons. The Balaban J connectivity index is 2.46. The van der Waals surface area contributed by atoms with Gasteiger partial charge in [-0.25, -0.2) is 12.8 Å². The van der Waals surface area contributed by atoms with E-state index in [0.717, 1.165) is 18.2 Å². The Morgan fingerprint density at radius 2 is 1.81 bits per heavy atom. The molecule has 2 N–H and O–H groups in total. The summed E-state index contributed by atoms with van der Waals surface area (Å²) in [7, 11) is -4.08. The van der Waals surface area contributed by atoms with E-state index in [1.54, 1.807) is 6.92 Å². The molecule has 0 aliphatic carbocycles. The highest BCUT2D eigenvalue weighted by molar-refractivity contribution is 7.92. The maximum Gasteiger partial charge on any atom is 0.263 e. The highest BCUT2D eigenvalue weighted by Gasteiger charge is 2.21. The molecule has 0 spiro atoms. The lowest BCUT2D eigenvalue weighted by molar-refractivity contribution is 0.469. The van der Waals surface area contributed by atoms with Crippen LogP contribution in [0.1, 0.15) is 5.56 Å². The van der Waals surface area contributed by atoms with Gasteiger partial charge >= 0.3 is 0 Å². The molecular formula is C13H10Cl2FNO3S. The van der Waals surface area contributed by atoms with Gasteiger partial charge in [-0.3, -0.25) is 4.72 Å². The molecule has 21 heavy (non-hydrogen) atoms. The molecule has 4 nitrogen and oxygen atoms in total. The first-order valence-electron chi connectivity index (χ1n) is 5.67. The molecule has 0 bridgehead atoms. The molecule has 0 unspecified atom stereocenters. The van der Waals surface area contributed by atoms with Crippen molar-refractivity contribution in [3.8, 4) is 5.75 Å². The molecule has 2 aromatic rings. The van der Waals surface area contributed by atoms with Crippen LogP contribution in [0.3, 0.4) is 0 Å². The van der Waals surface area contributed by atoms with Crippen LogP contribution in [-0.2, 0) is 10.0 Å². The summed E-state index contributed by atoms with van der Waals surface area (Å²) in [6.45, 7) is 1.62. The van der Waals surface area contributed by atoms with Crippen molar-refractivity contribution >= 4 is 38.9 Å². The SMILES string of the molecule is Cc1cc(S(=O)(=O)Nc2ccc(O)cc2F)c(Cl)cc1Cl. The summed E-state index contributed by atoms with van der Waals surface area (Å²) in [5.41, 5.74) is 0.226. The number of nitrogens with one attached hydrogen (secondary N) is 1. The topological polar surface area (TPSA) is 66.4 Å². The lowest BCUT2D eigenvalue weighted by Gasteiger charge is -2.11. The standard InChI is InChI=1S/C13H10Cl2FNO3S/c1-7-4-13(10(15)6-9(7)14)21(19,20)17-12-3-2-8(18)5-11(12)16/h2-6,17-18H,1H3. The van der Waals surface area contributed by atoms with E-state index in [4.69, 9.17) is 28.3 Å². The lowest BCUT2D eigenvalue weighted by Crippen LogP contribution is -2.14. The number of aromatic hydroxyl groups is 1. The fraction of sp³-hybridized carbons (Fsp3) is 0.0769. The van der Waals surface area contributed by atoms with Crippen molar-refractivity contribution in [2.45, 2.75) is 11.8 Å². The van der Waals surface area contributed by atoms with Gasteiger partial charge in [-0.2, -0.15) is 0 Å². The Morgan fingerprint density at radius 1 is 1.14 bits per heavy atom. The fourth-order valence-corrected chi connectivity index (χ4v) is 3.52. The molecular weight excluding hydrogens is 340 g/mol. The highest BCUT2D eigenvalue weighted by Crippen LogP contribution is 2.30. The van der Waals surface area contributed by atoms with Crippen LogP contribution >= 0.6 is 23.2 Å². The Morgan fingerprint density at radius 3 is 2.43 bits per heavy atom. The summed E-state index contributed by atoms with van der Waals surface area (Å²) < 4.78 is 40.2. The van der Waals surface area contributed by atoms with E-state index in [-0.39, 0.29) is 21.4 Å². The summed E-state index contributed by atoms with van der Waals surface area (Å²) >= 11 is 11.7. The molecule has 2 rings (SSSR count). The molecule has 0 fully saturated rings. The van der Waals surface area contributed by atoms with Gasteiger partial charge in [-0.1, -0.05) is 23.2 Å². The normalized spacial score (nSPS) is 11.4. The largest absolute Gasteiger partial charge is 0.508 e. The van der Waals surface area contributed by atoms with Crippen LogP contribution in [0.5, 0.6) is 5.75 Å². The van der Waals surface area contributed by atoms with E-state index < -0.39 is 15.8 Å². The predicted molar refractivity (Wildman–Crippen MR) is 80.1 cm³/mol. The monoisotopic (exact) mass is 349 g/mol. The zero-order chi connectivity index (χ0) is 15.8. The van der Waals surface area contributed by atoms with Gasteiger partial charge in [-0.05, 0) is 36.8 Å². The molecule has 0 atom stereocenters. The first-order valence-corrected chi connectivity index (χ1v) is 7.91. The van der Waals surface area contributed by atoms with Gasteiger partial charge in [0.15, 0.2) is 5.82 Å². The molecule has 0 aliphatic rings. The lowest BCUT2D eigenvalue weighted by atomic mass is 10.2. The van der Waals surface area contributed by atoms with Crippen LogP contribution in [-0.4, -0.2) is 13.5 Å². The Hall–Kier alpha value is -1.50. The summed E-state index contributed by atoms with van der Waals surface area (Å²) in [6, 6.07) is 5.67. The second kappa shape index (κ2) is 5.71. The number of phenolic OH excluding ortho intramolecular Hbond substituents is 1. The highest BCUT2D eigenvalue weighted by atomic mass is 35.5. The number of benzene rings is 2. The van der Waals surface area contributed by atoms with E-state index >= 15 is 0 Å². The van der Waals surface area contributed by atoms with Gasteiger partial charge in [0, 0.05) is 11.1 Å². The van der Waals surface area contributed by atoms with Crippen LogP contribution in [0.4, 0.5) is 10.1 Å². The third-order valence-corrected chi connectivity index (χ3v) is 4.94. The average molecular weight is 350 g/mol. The Bertz CT molecular complexity index is 809. The van der Waals surface area contributed by atoms with Crippen LogP contribution in [0.15, 0.2) is 35.2 Å². The number of hydrogen-bond donors (Lipinski definition) is 2. The van der Waals surface area contributed by atoms with E-state index in [9.17, 15) is 12.8 Å². The van der Waals surface area contributed by atoms with Gasteiger partial charge < -0.3 is 5.11 Å². The Kier molecular flexibility index (Phi) is 4.32. The van der Waals surface area contributed by atoms with Gasteiger partial charge in [0.2, 0.25) is 0 Å². The third kappa shape index (κ3) is 3.40. The number of anilines is 1. The summed E-state index contributed by atoms with van der Waals surface area (Å²) in [6.07, 6.45) is 0. The smallest absolute Gasteiger partial charge is 0.263 e. The van der Waals surface area contributed by atoms with Crippen LogP contribution in [0, 0.1) is 12.7 Å². The first kappa shape index (κ1) is 15.9. The second-order valence-corrected chi connectivity index (χ2v) is 6.77. The molecule has 0 heterocycles. The van der Waals surface area contributed by atoms with Gasteiger partial charge in [0.25, 0.3) is 10.0 Å². The molecule has 2 aromatic carbocycles. The molecule has 0 saturated carbocycles. The second-order valence-electron chi connectivity index (χ2n) is 4.30. The van der Waals surface area contributed by atoms with E-state index in [1.807, 2.05) is 0 Å². The number of sulfonamides is 1. The van der Waals surface area contributed by atoms with Gasteiger partial charge in [0.1, 0.15) is 10.6 Å². The predicted octanol–water partition coefficient (Wildman–Crippen LogP) is 3.95. The van der Waals surface area contributed by atoms with Crippen molar-refractivity contribution in [2.75, 3.05) is 4.72 Å². The zero-order valence-electron chi connectivity index (χ0n) is 10.7. The number of rotatable bonds is 3. The number of aryl methyl sites for hydroxylation is 1. The third-order valence-electron chi connectivity index (χ3n) is 2.70. The van der Waals surface area contributed by atoms with E-state index in [1.165, 1.54) is 12.1 Å². The molecule has 0 saturated heterocycles. The van der Waals surface area contributed by atoms with Crippen LogP contribution in [0.2, 0.25) is 10.0 Å². The van der Waals surface area contributed by atoms with Crippen molar-refractivity contribution in [2.24, 2.45) is 0 Å². The van der Waals surface area contributed by atoms with E-state index in [0.29, 0.717) is 10.6 Å². The molecule has 8 heteroatoms. The van der Waals surface area contributed by atoms with Crippen LogP contribution in [0.25, 0.3) is 0 Å². The number of halogens is 3. The zero-order valence-corrected chi connectivity index (χ0v) is 13.0. The number of phenols is 1. The minimum Gasteiger partial charge on any atom is -0.508 e. The minimum atomic E-state index is -4.08. The molecule has 0 amide bonds. The van der Waals surface area contributed by atoms with Gasteiger partial charge in [0.05, 0.1) is 10.7 Å². The van der Waals surface area contributed by atoms with Crippen molar-refractivity contribution < 1.29 is 17.9 Å². The summed E-state index contributed by atoms with van der Waals surface area (Å²) in [4.78, 5) is -0.210. The van der Waals surface area contributed by atoms with Crippen molar-refractivity contribution in [1.82, 2.24) is 0 Å². The van der Waals surface area contributed by atoms with Crippen molar-refractivity contribution in [3.63, 3.8) is 0 Å². The van der Waals surface area contributed by atoms with Crippen molar-refractivity contribution in [3.05, 3.63) is 51.8 Å².